The summed E-state index contributed by atoms with van der Waals surface area (Å²) in [4.78, 5) is 14.0. The van der Waals surface area contributed by atoms with Gasteiger partial charge in [0.1, 0.15) is 0 Å². The van der Waals surface area contributed by atoms with E-state index in [1.165, 1.54) is 18.4 Å². The smallest absolute Gasteiger partial charge is 0.331 e. The highest BCUT2D eigenvalue weighted by Crippen LogP contribution is 2.28. The maximum Gasteiger partial charge on any atom is 0.331 e. The van der Waals surface area contributed by atoms with Crippen molar-refractivity contribution < 1.29 is 19.0 Å². The molecule has 6 heteroatoms. The zero-order chi connectivity index (χ0) is 20.4. The molecule has 0 aliphatic rings. The lowest BCUT2D eigenvalue weighted by molar-refractivity contribution is -0.131. The summed E-state index contributed by atoms with van der Waals surface area (Å²) < 4.78 is 18.6. The average molecular weight is 397 g/mol. The first-order valence-electron chi connectivity index (χ1n) is 8.37. The molecule has 1 aromatic heterocycles. The fraction of sp³-hybridized carbons (Fsp3) is 0.0909. The normalized spacial score (nSPS) is 11.0. The number of carbonyl (C=O) groups is 1. The number of aryl methyl sites for hydroxylation is 1. The minimum absolute atomic E-state index is 0.295. The van der Waals surface area contributed by atoms with Gasteiger partial charge in [0.15, 0.2) is 10.8 Å². The molecule has 2 aromatic carbocycles. The average Bonchev–Trinajstić information content (AvgIpc) is 3.20. The minimum Gasteiger partial charge on any atom is -0.504 e. The van der Waals surface area contributed by atoms with Gasteiger partial charge in [0.05, 0.1) is 25.1 Å². The van der Waals surface area contributed by atoms with Crippen LogP contribution in [-0.2, 0) is 9.53 Å². The van der Waals surface area contributed by atoms with Gasteiger partial charge in [-0.25, -0.2) is 14.2 Å². The zero-order valence-electron chi connectivity index (χ0n) is 15.5. The van der Waals surface area contributed by atoms with Crippen molar-refractivity contribution >= 4 is 29.2 Å². The van der Waals surface area contributed by atoms with Crippen LogP contribution in [0.3, 0.4) is 0 Å². The number of benzene rings is 2. The second kappa shape index (κ2) is 10.8. The highest BCUT2D eigenvalue weighted by molar-refractivity contribution is 7.11. The van der Waals surface area contributed by atoms with Crippen LogP contribution in [0.15, 0.2) is 72.3 Å². The Labute approximate surface area is 167 Å². The SMILES string of the molecule is COC=CC(=O)O.Cc1ccccc1C=C(F)c1nc(-c2ccccc2)cs1. The van der Waals surface area contributed by atoms with E-state index < -0.39 is 5.97 Å². The summed E-state index contributed by atoms with van der Waals surface area (Å²) in [6, 6.07) is 17.5. The maximum absolute atomic E-state index is 14.3. The van der Waals surface area contributed by atoms with E-state index in [1.54, 1.807) is 6.08 Å². The molecule has 0 bridgehead atoms. The van der Waals surface area contributed by atoms with Crippen molar-refractivity contribution in [3.63, 3.8) is 0 Å². The molecule has 0 radical (unpaired) electrons. The molecule has 0 saturated heterocycles. The number of hydrogen-bond donors (Lipinski definition) is 1. The summed E-state index contributed by atoms with van der Waals surface area (Å²) in [7, 11) is 1.39. The molecule has 28 heavy (non-hydrogen) atoms. The number of halogens is 1. The van der Waals surface area contributed by atoms with Gasteiger partial charge in [0.2, 0.25) is 0 Å². The van der Waals surface area contributed by atoms with Gasteiger partial charge in [-0.3, -0.25) is 0 Å². The fourth-order valence-electron chi connectivity index (χ4n) is 2.20. The first kappa shape index (κ1) is 21.1. The predicted molar refractivity (Wildman–Crippen MR) is 111 cm³/mol. The van der Waals surface area contributed by atoms with E-state index >= 15 is 0 Å². The highest BCUT2D eigenvalue weighted by Gasteiger charge is 2.09. The number of hydrogen-bond acceptors (Lipinski definition) is 4. The van der Waals surface area contributed by atoms with E-state index in [0.717, 1.165) is 34.7 Å². The van der Waals surface area contributed by atoms with Crippen LogP contribution in [0.2, 0.25) is 0 Å². The molecular formula is C22H20FNO3S. The summed E-state index contributed by atoms with van der Waals surface area (Å²) in [5, 5.41) is 10.2. The number of carboxylic acids is 1. The molecule has 3 aromatic rings. The lowest BCUT2D eigenvalue weighted by atomic mass is 10.1. The number of aromatic nitrogens is 1. The zero-order valence-corrected chi connectivity index (χ0v) is 16.3. The van der Waals surface area contributed by atoms with E-state index in [1.807, 2.05) is 66.9 Å². The number of thiazole rings is 1. The number of methoxy groups -OCH3 is 1. The Morgan fingerprint density at radius 1 is 1.14 bits per heavy atom. The molecule has 3 rings (SSSR count). The summed E-state index contributed by atoms with van der Waals surface area (Å²) in [5.41, 5.74) is 3.74. The van der Waals surface area contributed by atoms with Crippen LogP contribution in [-0.4, -0.2) is 23.2 Å². The highest BCUT2D eigenvalue weighted by atomic mass is 32.1. The maximum atomic E-state index is 14.3. The molecule has 0 unspecified atom stereocenters. The molecule has 0 spiro atoms. The molecule has 144 valence electrons. The summed E-state index contributed by atoms with van der Waals surface area (Å²) in [6.07, 6.45) is 3.56. The van der Waals surface area contributed by atoms with Gasteiger partial charge in [0, 0.05) is 10.9 Å². The predicted octanol–water partition coefficient (Wildman–Crippen LogP) is 5.82. The summed E-state index contributed by atoms with van der Waals surface area (Å²) >= 11 is 1.32. The van der Waals surface area contributed by atoms with Gasteiger partial charge >= 0.3 is 5.97 Å². The Hall–Kier alpha value is -3.25. The molecule has 0 fully saturated rings. The Kier molecular flexibility index (Phi) is 8.11. The summed E-state index contributed by atoms with van der Waals surface area (Å²) in [6.45, 7) is 1.97. The van der Waals surface area contributed by atoms with Gasteiger partial charge in [0.25, 0.3) is 0 Å². The summed E-state index contributed by atoms with van der Waals surface area (Å²) in [5.74, 6) is -1.29. The first-order valence-corrected chi connectivity index (χ1v) is 9.25. The van der Waals surface area contributed by atoms with Crippen LogP contribution in [0.5, 0.6) is 0 Å². The topological polar surface area (TPSA) is 59.4 Å². The van der Waals surface area contributed by atoms with Crippen molar-refractivity contribution in [2.45, 2.75) is 6.92 Å². The van der Waals surface area contributed by atoms with Crippen LogP contribution >= 0.6 is 11.3 Å². The Morgan fingerprint density at radius 2 is 1.82 bits per heavy atom. The van der Waals surface area contributed by atoms with Gasteiger partial charge in [-0.1, -0.05) is 54.6 Å². The molecule has 0 aliphatic heterocycles. The van der Waals surface area contributed by atoms with Crippen molar-refractivity contribution in [1.82, 2.24) is 4.98 Å². The number of ether oxygens (including phenoxy) is 1. The standard InChI is InChI=1S/C18H14FNS.C4H6O3/c1-13-7-5-6-10-15(13)11-16(19)18-20-17(12-21-18)14-8-3-2-4-9-14;1-7-3-2-4(5)6/h2-12H,1H3;2-3H,1H3,(H,5,6). The van der Waals surface area contributed by atoms with Crippen LogP contribution in [0.25, 0.3) is 23.2 Å². The molecule has 4 nitrogen and oxygen atoms in total. The molecule has 0 atom stereocenters. The molecular weight excluding hydrogens is 377 g/mol. The molecule has 0 aliphatic carbocycles. The number of nitrogens with zero attached hydrogens (tertiary/aromatic N) is 1. The molecule has 0 saturated carbocycles. The van der Waals surface area contributed by atoms with Crippen molar-refractivity contribution in [1.29, 1.82) is 0 Å². The number of carboxylic acid groups (broad SMARTS) is 1. The Bertz CT molecular complexity index is 965. The lowest BCUT2D eigenvalue weighted by Gasteiger charge is -1.99. The largest absolute Gasteiger partial charge is 0.504 e. The first-order chi connectivity index (χ1) is 13.5. The molecule has 0 amide bonds. The van der Waals surface area contributed by atoms with Gasteiger partial charge < -0.3 is 9.84 Å². The second-order valence-corrected chi connectivity index (χ2v) is 6.49. The third-order valence-electron chi connectivity index (χ3n) is 3.60. The van der Waals surface area contributed by atoms with Crippen molar-refractivity contribution in [2.75, 3.05) is 7.11 Å². The van der Waals surface area contributed by atoms with Crippen LogP contribution < -0.4 is 0 Å². The van der Waals surface area contributed by atoms with E-state index in [-0.39, 0.29) is 5.83 Å². The van der Waals surface area contributed by atoms with E-state index in [2.05, 4.69) is 9.72 Å². The van der Waals surface area contributed by atoms with Crippen molar-refractivity contribution in [3.05, 3.63) is 88.4 Å². The fourth-order valence-corrected chi connectivity index (χ4v) is 2.93. The van der Waals surface area contributed by atoms with Crippen LogP contribution in [0.4, 0.5) is 4.39 Å². The Morgan fingerprint density at radius 3 is 2.43 bits per heavy atom. The van der Waals surface area contributed by atoms with E-state index in [0.29, 0.717) is 5.01 Å². The monoisotopic (exact) mass is 397 g/mol. The minimum atomic E-state index is -0.998. The molecule has 1 heterocycles. The van der Waals surface area contributed by atoms with Crippen molar-refractivity contribution in [3.8, 4) is 11.3 Å². The van der Waals surface area contributed by atoms with Crippen molar-refractivity contribution in [2.24, 2.45) is 0 Å². The van der Waals surface area contributed by atoms with Gasteiger partial charge in [-0.05, 0) is 24.1 Å². The molecule has 1 N–H and O–H groups in total. The number of aliphatic carboxylic acids is 1. The van der Waals surface area contributed by atoms with Crippen LogP contribution in [0.1, 0.15) is 16.1 Å². The quantitative estimate of drug-likeness (QED) is 0.435. The third kappa shape index (κ3) is 6.48. The second-order valence-electron chi connectivity index (χ2n) is 5.63. The Balaban J connectivity index is 0.000000345. The van der Waals surface area contributed by atoms with Crippen LogP contribution in [0, 0.1) is 6.92 Å². The van der Waals surface area contributed by atoms with Gasteiger partial charge in [-0.15, -0.1) is 11.3 Å². The van der Waals surface area contributed by atoms with E-state index in [9.17, 15) is 9.18 Å². The third-order valence-corrected chi connectivity index (χ3v) is 4.45. The number of rotatable bonds is 5. The van der Waals surface area contributed by atoms with E-state index in [4.69, 9.17) is 5.11 Å². The lowest BCUT2D eigenvalue weighted by Crippen LogP contribution is -1.85. The van der Waals surface area contributed by atoms with Gasteiger partial charge in [-0.2, -0.15) is 0 Å².